The molecule has 1 atom stereocenters. The number of amides is 1. The van der Waals surface area contributed by atoms with Gasteiger partial charge in [-0.2, -0.15) is 5.26 Å². The first kappa shape index (κ1) is 12.0. The lowest BCUT2D eigenvalue weighted by Crippen LogP contribution is -2.49. The third-order valence-corrected chi connectivity index (χ3v) is 3.42. The number of nitrogens with one attached hydrogen (secondary N) is 1. The van der Waals surface area contributed by atoms with Gasteiger partial charge in [0.2, 0.25) is 5.91 Å². The molecule has 1 aliphatic rings. The van der Waals surface area contributed by atoms with Crippen molar-refractivity contribution in [3.8, 4) is 6.07 Å². The minimum atomic E-state index is -0.706. The van der Waals surface area contributed by atoms with E-state index in [1.807, 2.05) is 0 Å². The SMILES string of the molecule is CCC(NC(=O)C1(C#N)CCC1)C(C)C. The fourth-order valence-electron chi connectivity index (χ4n) is 1.97. The molecule has 15 heavy (non-hydrogen) atoms. The molecule has 1 aliphatic carbocycles. The highest BCUT2D eigenvalue weighted by Gasteiger charge is 2.45. The zero-order chi connectivity index (χ0) is 11.5. The molecule has 0 heterocycles. The van der Waals surface area contributed by atoms with Gasteiger partial charge in [0.1, 0.15) is 5.41 Å². The molecule has 3 nitrogen and oxygen atoms in total. The van der Waals surface area contributed by atoms with Gasteiger partial charge >= 0.3 is 0 Å². The van der Waals surface area contributed by atoms with Crippen molar-refractivity contribution in [2.45, 2.75) is 52.5 Å². The van der Waals surface area contributed by atoms with Crippen LogP contribution in [-0.4, -0.2) is 11.9 Å². The number of rotatable bonds is 4. The standard InChI is InChI=1S/C12H20N2O/c1-4-10(9(2)3)14-11(15)12(8-13)6-5-7-12/h9-10H,4-7H2,1-3H3,(H,14,15). The van der Waals surface area contributed by atoms with Crippen LogP contribution in [0.2, 0.25) is 0 Å². The van der Waals surface area contributed by atoms with Gasteiger partial charge in [-0.15, -0.1) is 0 Å². The van der Waals surface area contributed by atoms with E-state index in [9.17, 15) is 4.79 Å². The first-order valence-corrected chi connectivity index (χ1v) is 5.78. The predicted molar refractivity (Wildman–Crippen MR) is 59.0 cm³/mol. The molecule has 1 unspecified atom stereocenters. The van der Waals surface area contributed by atoms with Crippen molar-refractivity contribution in [3.63, 3.8) is 0 Å². The lowest BCUT2D eigenvalue weighted by atomic mass is 9.69. The Kier molecular flexibility index (Phi) is 3.73. The third kappa shape index (κ3) is 2.31. The Morgan fingerprint density at radius 1 is 1.53 bits per heavy atom. The van der Waals surface area contributed by atoms with Crippen LogP contribution in [0.4, 0.5) is 0 Å². The van der Waals surface area contributed by atoms with E-state index in [2.05, 4.69) is 32.2 Å². The maximum Gasteiger partial charge on any atom is 0.240 e. The number of hydrogen-bond donors (Lipinski definition) is 1. The molecule has 1 amide bonds. The van der Waals surface area contributed by atoms with Crippen LogP contribution in [0, 0.1) is 22.7 Å². The normalized spacial score (nSPS) is 20.2. The summed E-state index contributed by atoms with van der Waals surface area (Å²) in [5, 5.41) is 12.0. The second-order valence-electron chi connectivity index (χ2n) is 4.78. The minimum absolute atomic E-state index is 0.0585. The average Bonchev–Trinajstić information content (AvgIpc) is 2.12. The van der Waals surface area contributed by atoms with E-state index in [1.54, 1.807) is 0 Å². The highest BCUT2D eigenvalue weighted by atomic mass is 16.2. The Bertz CT molecular complexity index is 274. The summed E-state index contributed by atoms with van der Waals surface area (Å²) in [6.07, 6.45) is 3.37. The molecule has 0 aromatic rings. The van der Waals surface area contributed by atoms with Gasteiger partial charge < -0.3 is 5.32 Å². The molecule has 84 valence electrons. The highest BCUT2D eigenvalue weighted by molar-refractivity contribution is 5.86. The first-order valence-electron chi connectivity index (χ1n) is 5.78. The van der Waals surface area contributed by atoms with Crippen molar-refractivity contribution in [1.29, 1.82) is 5.26 Å². The van der Waals surface area contributed by atoms with Crippen molar-refractivity contribution in [2.24, 2.45) is 11.3 Å². The monoisotopic (exact) mass is 208 g/mol. The molecule has 1 fully saturated rings. The molecule has 0 saturated heterocycles. The van der Waals surface area contributed by atoms with Gasteiger partial charge in [0.05, 0.1) is 6.07 Å². The van der Waals surface area contributed by atoms with Crippen LogP contribution >= 0.6 is 0 Å². The van der Waals surface area contributed by atoms with E-state index < -0.39 is 5.41 Å². The molecule has 0 aliphatic heterocycles. The van der Waals surface area contributed by atoms with Crippen LogP contribution in [0.25, 0.3) is 0 Å². The maximum absolute atomic E-state index is 11.9. The Labute approximate surface area is 91.9 Å². The zero-order valence-corrected chi connectivity index (χ0v) is 9.84. The van der Waals surface area contributed by atoms with Gasteiger partial charge in [-0.3, -0.25) is 4.79 Å². The summed E-state index contributed by atoms with van der Waals surface area (Å²) < 4.78 is 0. The molecular weight excluding hydrogens is 188 g/mol. The molecule has 0 bridgehead atoms. The zero-order valence-electron chi connectivity index (χ0n) is 9.84. The molecule has 0 spiro atoms. The Morgan fingerprint density at radius 2 is 2.13 bits per heavy atom. The number of nitriles is 1. The van der Waals surface area contributed by atoms with Crippen LogP contribution in [-0.2, 0) is 4.79 Å². The number of carbonyl (C=O) groups excluding carboxylic acids is 1. The van der Waals surface area contributed by atoms with Crippen molar-refractivity contribution < 1.29 is 4.79 Å². The molecule has 3 heteroatoms. The quantitative estimate of drug-likeness (QED) is 0.770. The van der Waals surface area contributed by atoms with Crippen LogP contribution in [0.5, 0.6) is 0 Å². The highest BCUT2D eigenvalue weighted by Crippen LogP contribution is 2.40. The Hall–Kier alpha value is -1.04. The summed E-state index contributed by atoms with van der Waals surface area (Å²) in [6, 6.07) is 2.37. The van der Waals surface area contributed by atoms with Gasteiger partial charge in [0, 0.05) is 6.04 Å². The minimum Gasteiger partial charge on any atom is -0.352 e. The average molecular weight is 208 g/mol. The Balaban J connectivity index is 2.58. The van der Waals surface area contributed by atoms with E-state index in [-0.39, 0.29) is 11.9 Å². The third-order valence-electron chi connectivity index (χ3n) is 3.42. The molecule has 1 rings (SSSR count). The summed E-state index contributed by atoms with van der Waals surface area (Å²) in [7, 11) is 0. The molecular formula is C12H20N2O. The van der Waals surface area contributed by atoms with Crippen molar-refractivity contribution in [3.05, 3.63) is 0 Å². The molecule has 0 aromatic carbocycles. The van der Waals surface area contributed by atoms with Gasteiger partial charge in [-0.1, -0.05) is 20.8 Å². The topological polar surface area (TPSA) is 52.9 Å². The van der Waals surface area contributed by atoms with Crippen molar-refractivity contribution in [2.75, 3.05) is 0 Å². The fraction of sp³-hybridized carbons (Fsp3) is 0.833. The lowest BCUT2D eigenvalue weighted by Gasteiger charge is -2.35. The van der Waals surface area contributed by atoms with Crippen LogP contribution < -0.4 is 5.32 Å². The van der Waals surface area contributed by atoms with Crippen molar-refractivity contribution in [1.82, 2.24) is 5.32 Å². The molecule has 0 radical (unpaired) electrons. The summed E-state index contributed by atoms with van der Waals surface area (Å²) in [4.78, 5) is 11.9. The number of hydrogen-bond acceptors (Lipinski definition) is 2. The maximum atomic E-state index is 11.9. The van der Waals surface area contributed by atoms with E-state index in [1.165, 1.54) is 0 Å². The Morgan fingerprint density at radius 3 is 2.40 bits per heavy atom. The summed E-state index contributed by atoms with van der Waals surface area (Å²) in [5.41, 5.74) is -0.706. The largest absolute Gasteiger partial charge is 0.352 e. The van der Waals surface area contributed by atoms with E-state index >= 15 is 0 Å². The smallest absolute Gasteiger partial charge is 0.240 e. The summed E-state index contributed by atoms with van der Waals surface area (Å²) in [6.45, 7) is 6.24. The van der Waals surface area contributed by atoms with Crippen molar-refractivity contribution >= 4 is 5.91 Å². The summed E-state index contributed by atoms with van der Waals surface area (Å²) >= 11 is 0. The number of carbonyl (C=O) groups is 1. The van der Waals surface area contributed by atoms with Crippen LogP contribution in [0.3, 0.4) is 0 Å². The second kappa shape index (κ2) is 4.65. The predicted octanol–water partition coefficient (Wildman–Crippen LogP) is 2.23. The van der Waals surface area contributed by atoms with E-state index in [0.29, 0.717) is 5.92 Å². The first-order chi connectivity index (χ1) is 7.05. The van der Waals surface area contributed by atoms with Gasteiger partial charge in [0.25, 0.3) is 0 Å². The van der Waals surface area contributed by atoms with Gasteiger partial charge in [-0.25, -0.2) is 0 Å². The fourth-order valence-corrected chi connectivity index (χ4v) is 1.97. The lowest BCUT2D eigenvalue weighted by molar-refractivity contribution is -0.132. The van der Waals surface area contributed by atoms with Gasteiger partial charge in [-0.05, 0) is 31.6 Å². The van der Waals surface area contributed by atoms with E-state index in [0.717, 1.165) is 25.7 Å². The van der Waals surface area contributed by atoms with Crippen LogP contribution in [0.15, 0.2) is 0 Å². The molecule has 0 aromatic heterocycles. The van der Waals surface area contributed by atoms with E-state index in [4.69, 9.17) is 5.26 Å². The molecule has 1 saturated carbocycles. The summed E-state index contributed by atoms with van der Waals surface area (Å²) in [5.74, 6) is 0.367. The second-order valence-corrected chi connectivity index (χ2v) is 4.78. The van der Waals surface area contributed by atoms with Crippen LogP contribution in [0.1, 0.15) is 46.5 Å². The number of nitrogens with zero attached hydrogens (tertiary/aromatic N) is 1. The van der Waals surface area contributed by atoms with Gasteiger partial charge in [0.15, 0.2) is 0 Å². The molecule has 1 N–H and O–H groups in total.